The molecule has 9 heteroatoms. The number of nitrogens with zero attached hydrogens (tertiary/aromatic N) is 1. The molecule has 0 spiro atoms. The number of rotatable bonds is 5. The molecule has 0 bridgehead atoms. The number of likely N-dealkylation sites (tertiary alicyclic amines) is 1. The molecule has 1 heterocycles. The third kappa shape index (κ3) is 5.26. The number of piperidine rings is 1. The molecule has 0 unspecified atom stereocenters. The highest BCUT2D eigenvalue weighted by atomic mass is 32.2. The summed E-state index contributed by atoms with van der Waals surface area (Å²) in [5.41, 5.74) is 0.605. The van der Waals surface area contributed by atoms with E-state index in [9.17, 15) is 13.2 Å². The van der Waals surface area contributed by atoms with Gasteiger partial charge in [0.05, 0.1) is 19.0 Å². The predicted octanol–water partition coefficient (Wildman–Crippen LogP) is 2.42. The second-order valence-corrected chi connectivity index (χ2v) is 9.96. The minimum absolute atomic E-state index is 0.153. The predicted molar refractivity (Wildman–Crippen MR) is 105 cm³/mol. The molecular formula is C18H29N3O5S. The summed E-state index contributed by atoms with van der Waals surface area (Å²) in [4.78, 5) is 14.2. The highest BCUT2D eigenvalue weighted by Crippen LogP contribution is 2.30. The van der Waals surface area contributed by atoms with Gasteiger partial charge in [0.25, 0.3) is 0 Å². The zero-order valence-corrected chi connectivity index (χ0v) is 17.4. The van der Waals surface area contributed by atoms with Gasteiger partial charge in [0.15, 0.2) is 11.5 Å². The van der Waals surface area contributed by atoms with Crippen LogP contribution in [-0.4, -0.2) is 57.4 Å². The van der Waals surface area contributed by atoms with Crippen molar-refractivity contribution < 1.29 is 22.7 Å². The second kappa shape index (κ2) is 8.35. The van der Waals surface area contributed by atoms with Crippen molar-refractivity contribution in [2.45, 2.75) is 44.4 Å². The number of anilines is 1. The van der Waals surface area contributed by atoms with E-state index >= 15 is 0 Å². The third-order valence-electron chi connectivity index (χ3n) is 4.54. The van der Waals surface area contributed by atoms with E-state index in [0.29, 0.717) is 43.1 Å². The van der Waals surface area contributed by atoms with Crippen molar-refractivity contribution in [1.29, 1.82) is 0 Å². The first-order chi connectivity index (χ1) is 12.6. The summed E-state index contributed by atoms with van der Waals surface area (Å²) in [7, 11) is -0.308. The van der Waals surface area contributed by atoms with Crippen LogP contribution in [0.15, 0.2) is 18.2 Å². The largest absolute Gasteiger partial charge is 0.493 e. The number of methoxy groups -OCH3 is 2. The van der Waals surface area contributed by atoms with Gasteiger partial charge in [-0.1, -0.05) is 0 Å². The van der Waals surface area contributed by atoms with E-state index in [1.54, 1.807) is 51.0 Å². The Morgan fingerprint density at radius 3 is 2.22 bits per heavy atom. The Hall–Kier alpha value is -2.00. The average molecular weight is 400 g/mol. The molecule has 2 N–H and O–H groups in total. The lowest BCUT2D eigenvalue weighted by atomic mass is 10.1. The van der Waals surface area contributed by atoms with E-state index in [4.69, 9.17) is 9.47 Å². The van der Waals surface area contributed by atoms with Gasteiger partial charge in [0, 0.05) is 30.9 Å². The van der Waals surface area contributed by atoms with E-state index in [-0.39, 0.29) is 12.1 Å². The first-order valence-corrected chi connectivity index (χ1v) is 10.4. The molecule has 0 radical (unpaired) electrons. The van der Waals surface area contributed by atoms with E-state index in [2.05, 4.69) is 10.0 Å². The minimum Gasteiger partial charge on any atom is -0.493 e. The number of ether oxygens (including phenoxy) is 2. The molecule has 2 amide bonds. The topological polar surface area (TPSA) is 97.0 Å². The molecule has 1 aromatic rings. The molecule has 152 valence electrons. The molecule has 1 aliphatic heterocycles. The van der Waals surface area contributed by atoms with Gasteiger partial charge in [0.1, 0.15) is 0 Å². The maximum atomic E-state index is 12.5. The zero-order valence-electron chi connectivity index (χ0n) is 16.5. The number of carbonyl (C=O) groups excluding carboxylic acids is 1. The van der Waals surface area contributed by atoms with Crippen molar-refractivity contribution in [1.82, 2.24) is 9.62 Å². The number of hydrogen-bond acceptors (Lipinski definition) is 5. The average Bonchev–Trinajstić information content (AvgIpc) is 2.60. The molecule has 0 saturated carbocycles. The first-order valence-electron chi connectivity index (χ1n) is 8.87. The van der Waals surface area contributed by atoms with Crippen molar-refractivity contribution >= 4 is 21.7 Å². The standard InChI is InChI=1S/C18H29N3O5S/c1-18(2,3)27(23,24)20-13-8-10-21(11-9-13)17(22)19-14-6-7-15(25-4)16(12-14)26-5/h6-7,12-13,20H,8-11H2,1-5H3,(H,19,22). The molecule has 0 aliphatic carbocycles. The number of amides is 2. The van der Waals surface area contributed by atoms with Crippen LogP contribution in [0.4, 0.5) is 10.5 Å². The van der Waals surface area contributed by atoms with Gasteiger partial charge in [0.2, 0.25) is 10.0 Å². The van der Waals surface area contributed by atoms with E-state index < -0.39 is 14.8 Å². The van der Waals surface area contributed by atoms with Crippen molar-refractivity contribution in [3.05, 3.63) is 18.2 Å². The molecule has 0 atom stereocenters. The molecular weight excluding hydrogens is 370 g/mol. The summed E-state index contributed by atoms with van der Waals surface area (Å²) in [5.74, 6) is 1.12. The Labute approximate surface area is 161 Å². The molecule has 2 rings (SSSR count). The highest BCUT2D eigenvalue weighted by molar-refractivity contribution is 7.90. The molecule has 1 aliphatic rings. The molecule has 1 aromatic carbocycles. The maximum absolute atomic E-state index is 12.5. The summed E-state index contributed by atoms with van der Waals surface area (Å²) < 4.78 is 36.9. The number of urea groups is 1. The maximum Gasteiger partial charge on any atom is 0.321 e. The summed E-state index contributed by atoms with van der Waals surface area (Å²) in [6, 6.07) is 4.78. The lowest BCUT2D eigenvalue weighted by Crippen LogP contribution is -2.50. The van der Waals surface area contributed by atoms with Gasteiger partial charge in [-0.05, 0) is 45.7 Å². The summed E-state index contributed by atoms with van der Waals surface area (Å²) in [6.45, 7) is 5.97. The quantitative estimate of drug-likeness (QED) is 0.793. The van der Waals surface area contributed by atoms with E-state index in [0.717, 1.165) is 0 Å². The fraction of sp³-hybridized carbons (Fsp3) is 0.611. The second-order valence-electron chi connectivity index (χ2n) is 7.49. The van der Waals surface area contributed by atoms with E-state index in [1.807, 2.05) is 0 Å². The Morgan fingerprint density at radius 2 is 1.70 bits per heavy atom. The Morgan fingerprint density at radius 1 is 1.11 bits per heavy atom. The van der Waals surface area contributed by atoms with Gasteiger partial charge in [-0.2, -0.15) is 0 Å². The van der Waals surface area contributed by atoms with Crippen LogP contribution in [0.2, 0.25) is 0 Å². The van der Waals surface area contributed by atoms with E-state index in [1.165, 1.54) is 7.11 Å². The van der Waals surface area contributed by atoms with Crippen molar-refractivity contribution in [2.24, 2.45) is 0 Å². The Bertz CT molecular complexity index is 766. The molecule has 1 saturated heterocycles. The van der Waals surface area contributed by atoms with Crippen molar-refractivity contribution in [2.75, 3.05) is 32.6 Å². The molecule has 1 fully saturated rings. The molecule has 8 nitrogen and oxygen atoms in total. The number of hydrogen-bond donors (Lipinski definition) is 2. The fourth-order valence-electron chi connectivity index (χ4n) is 2.71. The van der Waals surface area contributed by atoms with Crippen LogP contribution in [0.3, 0.4) is 0 Å². The number of nitrogens with one attached hydrogen (secondary N) is 2. The number of benzene rings is 1. The van der Waals surface area contributed by atoms with Gasteiger partial charge < -0.3 is 19.7 Å². The Kier molecular flexibility index (Phi) is 6.59. The van der Waals surface area contributed by atoms with Gasteiger partial charge in [-0.3, -0.25) is 0 Å². The monoisotopic (exact) mass is 399 g/mol. The van der Waals surface area contributed by atoms with Crippen LogP contribution in [-0.2, 0) is 10.0 Å². The van der Waals surface area contributed by atoms with Gasteiger partial charge in [-0.15, -0.1) is 0 Å². The SMILES string of the molecule is COc1ccc(NC(=O)N2CCC(NS(=O)(=O)C(C)(C)C)CC2)cc1OC. The summed E-state index contributed by atoms with van der Waals surface area (Å²) in [6.07, 6.45) is 1.16. The lowest BCUT2D eigenvalue weighted by molar-refractivity contribution is 0.193. The van der Waals surface area contributed by atoms with Crippen LogP contribution in [0.25, 0.3) is 0 Å². The summed E-state index contributed by atoms with van der Waals surface area (Å²) in [5, 5.41) is 2.84. The lowest BCUT2D eigenvalue weighted by Gasteiger charge is -2.33. The highest BCUT2D eigenvalue weighted by Gasteiger charge is 2.33. The van der Waals surface area contributed by atoms with Crippen LogP contribution >= 0.6 is 0 Å². The van der Waals surface area contributed by atoms with Crippen LogP contribution in [0.5, 0.6) is 11.5 Å². The molecule has 27 heavy (non-hydrogen) atoms. The normalized spacial score (nSPS) is 16.1. The van der Waals surface area contributed by atoms with Gasteiger partial charge in [-0.25, -0.2) is 17.9 Å². The third-order valence-corrected chi connectivity index (χ3v) is 6.80. The van der Waals surface area contributed by atoms with Crippen LogP contribution in [0, 0.1) is 0 Å². The Balaban J connectivity index is 1.92. The van der Waals surface area contributed by atoms with Crippen molar-refractivity contribution in [3.8, 4) is 11.5 Å². The molecule has 0 aromatic heterocycles. The zero-order chi connectivity index (χ0) is 20.2. The minimum atomic E-state index is -3.39. The van der Waals surface area contributed by atoms with Crippen LogP contribution < -0.4 is 19.5 Å². The number of sulfonamides is 1. The number of carbonyl (C=O) groups is 1. The first kappa shape index (κ1) is 21.3. The van der Waals surface area contributed by atoms with Crippen molar-refractivity contribution in [3.63, 3.8) is 0 Å². The van der Waals surface area contributed by atoms with Crippen LogP contribution in [0.1, 0.15) is 33.6 Å². The fourth-order valence-corrected chi connectivity index (χ4v) is 3.74. The smallest absolute Gasteiger partial charge is 0.321 e. The summed E-state index contributed by atoms with van der Waals surface area (Å²) >= 11 is 0. The van der Waals surface area contributed by atoms with Gasteiger partial charge >= 0.3 is 6.03 Å².